The van der Waals surface area contributed by atoms with Crippen molar-refractivity contribution in [2.24, 2.45) is 0 Å². The van der Waals surface area contributed by atoms with Gasteiger partial charge in [0.25, 0.3) is 0 Å². The lowest BCUT2D eigenvalue weighted by Gasteiger charge is -2.23. The lowest BCUT2D eigenvalue weighted by atomic mass is 9.80. The van der Waals surface area contributed by atoms with Gasteiger partial charge in [0.1, 0.15) is 0 Å². The Labute approximate surface area is 393 Å². The first-order chi connectivity index (χ1) is 32.6. The van der Waals surface area contributed by atoms with Crippen molar-refractivity contribution in [3.05, 3.63) is 229 Å². The van der Waals surface area contributed by atoms with Gasteiger partial charge in [-0.15, -0.1) is 0 Å². The zero-order chi connectivity index (χ0) is 45.2. The fraction of sp³-hybridized carbons (Fsp3) is 0.104. The smallest absolute Gasteiger partial charge is 0.0159 e. The van der Waals surface area contributed by atoms with Crippen molar-refractivity contribution in [1.29, 1.82) is 0 Å². The summed E-state index contributed by atoms with van der Waals surface area (Å²) in [7, 11) is 0. The van der Waals surface area contributed by atoms with Gasteiger partial charge in [-0.3, -0.25) is 0 Å². The third-order valence-electron chi connectivity index (χ3n) is 15.1. The molecule has 0 N–H and O–H groups in total. The second-order valence-electron chi connectivity index (χ2n) is 20.5. The van der Waals surface area contributed by atoms with Gasteiger partial charge in [0.15, 0.2) is 0 Å². The van der Waals surface area contributed by atoms with E-state index in [2.05, 4.69) is 247 Å². The molecule has 1 aliphatic rings. The maximum Gasteiger partial charge on any atom is 0.0159 e. The first kappa shape index (κ1) is 39.6. The van der Waals surface area contributed by atoms with E-state index in [1.807, 2.05) is 0 Å². The van der Waals surface area contributed by atoms with E-state index >= 15 is 0 Å². The molecule has 1 aliphatic carbocycles. The van der Waals surface area contributed by atoms with E-state index in [9.17, 15) is 0 Å². The van der Waals surface area contributed by atoms with Crippen LogP contribution < -0.4 is 0 Å². The topological polar surface area (TPSA) is 0 Å². The van der Waals surface area contributed by atoms with E-state index in [-0.39, 0.29) is 10.8 Å². The van der Waals surface area contributed by atoms with Gasteiger partial charge in [0.05, 0.1) is 0 Å². The zero-order valence-electron chi connectivity index (χ0n) is 38.7. The van der Waals surface area contributed by atoms with Crippen LogP contribution in [0.3, 0.4) is 0 Å². The van der Waals surface area contributed by atoms with Crippen molar-refractivity contribution >= 4 is 53.9 Å². The number of hydrogen-bond acceptors (Lipinski definition) is 0. The second-order valence-corrected chi connectivity index (χ2v) is 20.5. The van der Waals surface area contributed by atoms with Crippen LogP contribution in [0.25, 0.3) is 121 Å². The summed E-state index contributed by atoms with van der Waals surface area (Å²) in [5.74, 6) is 0. The van der Waals surface area contributed by atoms with Crippen LogP contribution in [0, 0.1) is 0 Å². The van der Waals surface area contributed by atoms with Gasteiger partial charge in [-0.05, 0) is 167 Å². The Kier molecular flexibility index (Phi) is 8.62. The Balaban J connectivity index is 0.863. The molecule has 0 atom stereocenters. The second kappa shape index (κ2) is 14.6. The molecular formula is C67H50. The number of hydrogen-bond donors (Lipinski definition) is 0. The molecule has 0 fully saturated rings. The van der Waals surface area contributed by atoms with Crippen LogP contribution in [-0.4, -0.2) is 0 Å². The van der Waals surface area contributed by atoms with Gasteiger partial charge in [-0.2, -0.15) is 0 Å². The molecule has 318 valence electrons. The van der Waals surface area contributed by atoms with E-state index in [1.165, 1.54) is 137 Å². The standard InChI is InChI=1S/C67H50/c1-66(2,3)51-37-49-26-25-42-27-31-52(59-34-30-50(38-51)62(49)65(42)59)47-19-13-17-43(35-47)45-28-32-53-54-33-29-46(40-61(54)67(4,5)60(53)39-45)44-18-14-20-48(36-44)64-57-23-11-9-21-55(57)63(41-15-7-6-8-16-41)56-22-10-12-24-58(56)64/h6-40H,1-5H3. The summed E-state index contributed by atoms with van der Waals surface area (Å²) in [6, 6.07) is 80.1. The average molecular weight is 855 g/mol. The van der Waals surface area contributed by atoms with Crippen molar-refractivity contribution < 1.29 is 0 Å². The molecule has 12 aromatic carbocycles. The summed E-state index contributed by atoms with van der Waals surface area (Å²) in [5.41, 5.74) is 19.2. The normalized spacial score (nSPS) is 13.3. The minimum absolute atomic E-state index is 0.0890. The first-order valence-corrected chi connectivity index (χ1v) is 23.8. The molecule has 0 nitrogen and oxygen atoms in total. The lowest BCUT2D eigenvalue weighted by molar-refractivity contribution is 0.591. The molecule has 12 aromatic rings. The van der Waals surface area contributed by atoms with Crippen LogP contribution in [0.5, 0.6) is 0 Å². The highest BCUT2D eigenvalue weighted by Crippen LogP contribution is 2.52. The largest absolute Gasteiger partial charge is 0.0622 e. The van der Waals surface area contributed by atoms with Gasteiger partial charge in [-0.1, -0.05) is 223 Å². The molecule has 0 heterocycles. The van der Waals surface area contributed by atoms with Crippen LogP contribution >= 0.6 is 0 Å². The van der Waals surface area contributed by atoms with Crippen LogP contribution in [0.1, 0.15) is 51.3 Å². The van der Waals surface area contributed by atoms with Crippen LogP contribution in [0.4, 0.5) is 0 Å². The van der Waals surface area contributed by atoms with Crippen molar-refractivity contribution in [2.45, 2.75) is 45.4 Å². The van der Waals surface area contributed by atoms with Gasteiger partial charge in [-0.25, -0.2) is 0 Å². The molecule has 0 bridgehead atoms. The fourth-order valence-electron chi connectivity index (χ4n) is 11.7. The number of fused-ring (bicyclic) bond motifs is 5. The van der Waals surface area contributed by atoms with Crippen LogP contribution in [0.15, 0.2) is 212 Å². The monoisotopic (exact) mass is 854 g/mol. The molecule has 0 spiro atoms. The van der Waals surface area contributed by atoms with E-state index < -0.39 is 0 Å². The van der Waals surface area contributed by atoms with Crippen LogP contribution in [0.2, 0.25) is 0 Å². The minimum Gasteiger partial charge on any atom is -0.0622 e. The summed E-state index contributed by atoms with van der Waals surface area (Å²) in [4.78, 5) is 0. The summed E-state index contributed by atoms with van der Waals surface area (Å²) in [6.45, 7) is 11.7. The van der Waals surface area contributed by atoms with Crippen molar-refractivity contribution in [1.82, 2.24) is 0 Å². The molecular weight excluding hydrogens is 805 g/mol. The Morgan fingerprint density at radius 3 is 1.31 bits per heavy atom. The minimum atomic E-state index is -0.176. The lowest BCUT2D eigenvalue weighted by Crippen LogP contribution is -2.15. The van der Waals surface area contributed by atoms with E-state index in [4.69, 9.17) is 0 Å². The Bertz CT molecular complexity index is 3890. The molecule has 0 radical (unpaired) electrons. The predicted molar refractivity (Wildman–Crippen MR) is 289 cm³/mol. The number of rotatable bonds is 5. The molecule has 0 saturated heterocycles. The highest BCUT2D eigenvalue weighted by Gasteiger charge is 2.36. The Morgan fingerprint density at radius 1 is 0.299 bits per heavy atom. The highest BCUT2D eigenvalue weighted by atomic mass is 14.4. The number of benzene rings is 12. The third-order valence-corrected chi connectivity index (χ3v) is 15.1. The Hall–Kier alpha value is -7.80. The third kappa shape index (κ3) is 6.13. The maximum atomic E-state index is 2.46. The van der Waals surface area contributed by atoms with Crippen molar-refractivity contribution in [2.75, 3.05) is 0 Å². The van der Waals surface area contributed by atoms with Crippen molar-refractivity contribution in [3.8, 4) is 66.8 Å². The average Bonchev–Trinajstić information content (AvgIpc) is 3.59. The van der Waals surface area contributed by atoms with Gasteiger partial charge >= 0.3 is 0 Å². The van der Waals surface area contributed by atoms with Gasteiger partial charge in [0.2, 0.25) is 0 Å². The zero-order valence-corrected chi connectivity index (χ0v) is 38.7. The highest BCUT2D eigenvalue weighted by molar-refractivity contribution is 6.26. The molecule has 0 amide bonds. The predicted octanol–water partition coefficient (Wildman–Crippen LogP) is 18.8. The van der Waals surface area contributed by atoms with E-state index in [1.54, 1.807) is 0 Å². The molecule has 13 rings (SSSR count). The van der Waals surface area contributed by atoms with Crippen LogP contribution in [-0.2, 0) is 10.8 Å². The quantitative estimate of drug-likeness (QED) is 0.120. The summed E-state index contributed by atoms with van der Waals surface area (Å²) in [5, 5.41) is 13.1. The molecule has 0 aromatic heterocycles. The van der Waals surface area contributed by atoms with E-state index in [0.717, 1.165) is 0 Å². The van der Waals surface area contributed by atoms with E-state index in [0.29, 0.717) is 0 Å². The summed E-state index contributed by atoms with van der Waals surface area (Å²) >= 11 is 0. The molecule has 0 saturated carbocycles. The molecule has 0 unspecified atom stereocenters. The maximum absolute atomic E-state index is 2.46. The summed E-state index contributed by atoms with van der Waals surface area (Å²) in [6.07, 6.45) is 0. The van der Waals surface area contributed by atoms with Gasteiger partial charge in [0, 0.05) is 5.41 Å². The summed E-state index contributed by atoms with van der Waals surface area (Å²) < 4.78 is 0. The van der Waals surface area contributed by atoms with Gasteiger partial charge < -0.3 is 0 Å². The first-order valence-electron chi connectivity index (χ1n) is 23.8. The molecule has 67 heavy (non-hydrogen) atoms. The SMILES string of the molecule is CC(C)(C)c1cc2ccc3ccc(-c4cccc(-c5ccc6c(c5)C(C)(C)c5cc(-c7cccc(-c8c9ccccc9c(-c9ccccc9)c9ccccc89)c7)ccc5-6)c4)c4ccc(c1)c2c34. The van der Waals surface area contributed by atoms with Crippen molar-refractivity contribution in [3.63, 3.8) is 0 Å². The molecule has 0 heteroatoms. The Morgan fingerprint density at radius 2 is 0.731 bits per heavy atom. The molecule has 0 aliphatic heterocycles. The fourth-order valence-corrected chi connectivity index (χ4v) is 11.7.